The van der Waals surface area contributed by atoms with Crippen LogP contribution in [0.4, 0.5) is 5.69 Å². The van der Waals surface area contributed by atoms with Crippen LogP contribution in [0, 0.1) is 12.8 Å². The molecular weight excluding hydrogens is 400 g/mol. The third kappa shape index (κ3) is 2.95. The molecule has 0 bridgehead atoms. The number of ketones is 2. The molecule has 1 heterocycles. The number of ether oxygens (including phenoxy) is 1. The van der Waals surface area contributed by atoms with Gasteiger partial charge in [0.1, 0.15) is 5.69 Å². The fourth-order valence-electron chi connectivity index (χ4n) is 5.25. The SMILES string of the molecule is Cc1ccc2c(c1)OC1=CC(NC3CCCCC3)=C3C(=O)c4ccccc4C(=O)C3C1=N2. The number of Topliss-reactive ketones (excluding diaryl/α,β-unsaturated/α-hetero) is 2. The number of fused-ring (bicyclic) bond motifs is 5. The largest absolute Gasteiger partial charge is 0.453 e. The molecular formula is C27H24N2O3. The smallest absolute Gasteiger partial charge is 0.192 e. The number of carbonyl (C=O) groups excluding carboxylic acids is 2. The van der Waals surface area contributed by atoms with Crippen molar-refractivity contribution in [2.75, 3.05) is 0 Å². The molecule has 0 amide bonds. The van der Waals surface area contributed by atoms with Crippen LogP contribution in [0.5, 0.6) is 5.75 Å². The highest BCUT2D eigenvalue weighted by Gasteiger charge is 2.46. The van der Waals surface area contributed by atoms with Gasteiger partial charge in [-0.25, -0.2) is 4.99 Å². The predicted octanol–water partition coefficient (Wildman–Crippen LogP) is 5.23. The van der Waals surface area contributed by atoms with Crippen LogP contribution in [0.1, 0.15) is 58.4 Å². The number of aryl methyl sites for hydroxylation is 1. The second-order valence-electron chi connectivity index (χ2n) is 9.06. The van der Waals surface area contributed by atoms with Crippen molar-refractivity contribution in [1.82, 2.24) is 5.32 Å². The molecule has 0 radical (unpaired) electrons. The second-order valence-corrected chi connectivity index (χ2v) is 9.06. The Balaban J connectivity index is 1.53. The number of carbonyl (C=O) groups is 2. The molecule has 1 unspecified atom stereocenters. The lowest BCUT2D eigenvalue weighted by molar-refractivity contribution is 0.0907. The van der Waals surface area contributed by atoms with Gasteiger partial charge in [0.15, 0.2) is 23.1 Å². The first kappa shape index (κ1) is 19.2. The minimum atomic E-state index is -0.752. The topological polar surface area (TPSA) is 67.8 Å². The summed E-state index contributed by atoms with van der Waals surface area (Å²) in [6.07, 6.45) is 7.59. The van der Waals surface area contributed by atoms with Crippen molar-refractivity contribution in [3.63, 3.8) is 0 Å². The molecule has 32 heavy (non-hydrogen) atoms. The summed E-state index contributed by atoms with van der Waals surface area (Å²) >= 11 is 0. The van der Waals surface area contributed by atoms with E-state index in [0.29, 0.717) is 51.3 Å². The van der Waals surface area contributed by atoms with E-state index in [0.717, 1.165) is 18.4 Å². The summed E-state index contributed by atoms with van der Waals surface area (Å²) in [5.74, 6) is 0.280. The van der Waals surface area contributed by atoms with Gasteiger partial charge >= 0.3 is 0 Å². The van der Waals surface area contributed by atoms with E-state index in [-0.39, 0.29) is 11.6 Å². The van der Waals surface area contributed by atoms with Crippen LogP contribution >= 0.6 is 0 Å². The first-order valence-corrected chi connectivity index (χ1v) is 11.4. The Morgan fingerprint density at radius 3 is 2.59 bits per heavy atom. The van der Waals surface area contributed by atoms with Gasteiger partial charge in [0, 0.05) is 34.5 Å². The number of benzene rings is 2. The number of nitrogens with zero attached hydrogens (tertiary/aromatic N) is 1. The Hall–Kier alpha value is -3.47. The molecule has 0 saturated heterocycles. The monoisotopic (exact) mass is 424 g/mol. The Kier molecular flexibility index (Phi) is 4.39. The quantitative estimate of drug-likeness (QED) is 0.717. The average molecular weight is 425 g/mol. The Morgan fingerprint density at radius 2 is 1.78 bits per heavy atom. The normalized spacial score (nSPS) is 22.1. The van der Waals surface area contributed by atoms with Crippen LogP contribution in [0.3, 0.4) is 0 Å². The van der Waals surface area contributed by atoms with Crippen molar-refractivity contribution in [1.29, 1.82) is 0 Å². The molecule has 2 aromatic rings. The zero-order valence-corrected chi connectivity index (χ0v) is 18.0. The predicted molar refractivity (Wildman–Crippen MR) is 123 cm³/mol. The van der Waals surface area contributed by atoms with Crippen molar-refractivity contribution >= 4 is 23.0 Å². The van der Waals surface area contributed by atoms with Crippen LogP contribution < -0.4 is 10.1 Å². The maximum atomic E-state index is 13.7. The molecule has 3 aliphatic carbocycles. The van der Waals surface area contributed by atoms with Crippen molar-refractivity contribution in [2.45, 2.75) is 45.1 Å². The number of aliphatic imine (C=N–C) groups is 1. The van der Waals surface area contributed by atoms with Crippen LogP contribution in [0.25, 0.3) is 0 Å². The highest BCUT2D eigenvalue weighted by molar-refractivity contribution is 6.33. The molecule has 4 aliphatic rings. The van der Waals surface area contributed by atoms with Crippen molar-refractivity contribution < 1.29 is 14.3 Å². The van der Waals surface area contributed by atoms with Crippen molar-refractivity contribution in [2.24, 2.45) is 10.9 Å². The number of hydrogen-bond acceptors (Lipinski definition) is 5. The zero-order valence-electron chi connectivity index (χ0n) is 18.0. The summed E-state index contributed by atoms with van der Waals surface area (Å²) in [6, 6.07) is 13.2. The zero-order chi connectivity index (χ0) is 21.8. The molecule has 5 nitrogen and oxygen atoms in total. The van der Waals surface area contributed by atoms with Crippen molar-refractivity contribution in [3.8, 4) is 5.75 Å². The standard InChI is InChI=1S/C27H24N2O3/c1-15-11-12-19-21(13-15)32-22-14-20(28-16-7-3-2-4-8-16)23-24(25(22)29-19)27(31)18-10-6-5-9-17(18)26(23)30/h5-6,9-14,16,24,28H,2-4,7-8H2,1H3. The molecule has 5 heteroatoms. The van der Waals surface area contributed by atoms with Gasteiger partial charge in [-0.15, -0.1) is 0 Å². The van der Waals surface area contributed by atoms with E-state index in [4.69, 9.17) is 9.73 Å². The van der Waals surface area contributed by atoms with E-state index in [1.54, 1.807) is 18.2 Å². The Bertz CT molecular complexity index is 1260. The fourth-order valence-corrected chi connectivity index (χ4v) is 5.25. The molecule has 0 spiro atoms. The second kappa shape index (κ2) is 7.30. The first-order valence-electron chi connectivity index (χ1n) is 11.4. The van der Waals surface area contributed by atoms with Crippen LogP contribution in [-0.4, -0.2) is 23.3 Å². The molecule has 1 N–H and O–H groups in total. The van der Waals surface area contributed by atoms with Gasteiger partial charge < -0.3 is 10.1 Å². The molecule has 1 aliphatic heterocycles. The lowest BCUT2D eigenvalue weighted by Crippen LogP contribution is -2.43. The van der Waals surface area contributed by atoms with Crippen molar-refractivity contribution in [3.05, 3.63) is 82.3 Å². The highest BCUT2D eigenvalue weighted by Crippen LogP contribution is 2.43. The first-order chi connectivity index (χ1) is 15.6. The number of hydrogen-bond donors (Lipinski definition) is 1. The van der Waals surface area contributed by atoms with E-state index in [1.807, 2.05) is 37.3 Å². The molecule has 160 valence electrons. The summed E-state index contributed by atoms with van der Waals surface area (Å²) in [5.41, 5.74) is 4.43. The maximum absolute atomic E-state index is 13.7. The van der Waals surface area contributed by atoms with Crippen LogP contribution in [0.15, 0.2) is 70.6 Å². The molecule has 2 aromatic carbocycles. The van der Waals surface area contributed by atoms with Gasteiger partial charge in [-0.2, -0.15) is 0 Å². The fraction of sp³-hybridized carbons (Fsp3) is 0.296. The summed E-state index contributed by atoms with van der Waals surface area (Å²) in [7, 11) is 0. The minimum Gasteiger partial charge on any atom is -0.453 e. The Morgan fingerprint density at radius 1 is 1.00 bits per heavy atom. The minimum absolute atomic E-state index is 0.0957. The molecule has 1 saturated carbocycles. The Labute approximate surface area is 186 Å². The van der Waals surface area contributed by atoms with E-state index in [9.17, 15) is 9.59 Å². The van der Waals surface area contributed by atoms with E-state index in [2.05, 4.69) is 5.32 Å². The molecule has 1 atom stereocenters. The summed E-state index contributed by atoms with van der Waals surface area (Å²) in [4.78, 5) is 32.1. The third-order valence-electron chi connectivity index (χ3n) is 6.87. The molecule has 0 aromatic heterocycles. The van der Waals surface area contributed by atoms with Gasteiger partial charge in [-0.3, -0.25) is 9.59 Å². The highest BCUT2D eigenvalue weighted by atomic mass is 16.5. The van der Waals surface area contributed by atoms with Gasteiger partial charge in [0.25, 0.3) is 0 Å². The van der Waals surface area contributed by atoms with E-state index >= 15 is 0 Å². The van der Waals surface area contributed by atoms with Crippen LogP contribution in [0.2, 0.25) is 0 Å². The van der Waals surface area contributed by atoms with Gasteiger partial charge in [-0.1, -0.05) is 49.6 Å². The lowest BCUT2D eigenvalue weighted by Gasteiger charge is -2.35. The summed E-state index contributed by atoms with van der Waals surface area (Å²) < 4.78 is 6.25. The van der Waals surface area contributed by atoms with Gasteiger partial charge in [0.05, 0.1) is 11.6 Å². The molecule has 1 fully saturated rings. The number of nitrogens with one attached hydrogen (secondary N) is 1. The molecule has 6 rings (SSSR count). The third-order valence-corrected chi connectivity index (χ3v) is 6.87. The van der Waals surface area contributed by atoms with Crippen LogP contribution in [-0.2, 0) is 0 Å². The summed E-state index contributed by atoms with van der Waals surface area (Å²) in [6.45, 7) is 2.01. The average Bonchev–Trinajstić information content (AvgIpc) is 2.81. The number of allylic oxidation sites excluding steroid dienone is 3. The van der Waals surface area contributed by atoms with E-state index < -0.39 is 5.92 Å². The maximum Gasteiger partial charge on any atom is 0.192 e. The van der Waals surface area contributed by atoms with E-state index in [1.165, 1.54) is 19.3 Å². The van der Waals surface area contributed by atoms with Gasteiger partial charge in [0.2, 0.25) is 0 Å². The number of rotatable bonds is 2. The van der Waals surface area contributed by atoms with Gasteiger partial charge in [-0.05, 0) is 37.5 Å². The summed E-state index contributed by atoms with van der Waals surface area (Å²) in [5, 5.41) is 3.60. The lowest BCUT2D eigenvalue weighted by atomic mass is 9.72.